The minimum absolute atomic E-state index is 0.309. The summed E-state index contributed by atoms with van der Waals surface area (Å²) in [7, 11) is -3.51. The van der Waals surface area contributed by atoms with Crippen LogP contribution in [0.15, 0.2) is 53.4 Å². The molecule has 94 valence electrons. The fourth-order valence-electron chi connectivity index (χ4n) is 1.62. The van der Waals surface area contributed by atoms with Crippen LogP contribution in [-0.4, -0.2) is 8.42 Å². The minimum atomic E-state index is -3.51. The first-order valence-corrected chi connectivity index (χ1v) is 7.89. The van der Waals surface area contributed by atoms with Gasteiger partial charge in [-0.3, -0.25) is 4.72 Å². The van der Waals surface area contributed by atoms with Crippen LogP contribution in [-0.2, 0) is 10.0 Å². The summed E-state index contributed by atoms with van der Waals surface area (Å²) in [6, 6.07) is 14.2. The first-order valence-electron chi connectivity index (χ1n) is 5.33. The zero-order chi connectivity index (χ0) is 13.2. The highest BCUT2D eigenvalue weighted by Crippen LogP contribution is 2.20. The molecule has 0 heterocycles. The third-order valence-electron chi connectivity index (χ3n) is 2.46. The number of hydrogen-bond acceptors (Lipinski definition) is 2. The predicted octanol–water partition coefficient (Wildman–Crippen LogP) is 3.40. The lowest BCUT2D eigenvalue weighted by atomic mass is 10.2. The lowest BCUT2D eigenvalue weighted by Crippen LogP contribution is -2.14. The van der Waals surface area contributed by atoms with E-state index in [0.29, 0.717) is 10.6 Å². The SMILES string of the molecule is Cc1ccccc1S(=O)(=O)Nc1cccc(I)c1. The van der Waals surface area contributed by atoms with Crippen LogP contribution in [0.4, 0.5) is 5.69 Å². The highest BCUT2D eigenvalue weighted by molar-refractivity contribution is 14.1. The van der Waals surface area contributed by atoms with E-state index in [1.165, 1.54) is 0 Å². The summed E-state index contributed by atoms with van der Waals surface area (Å²) in [6.07, 6.45) is 0. The number of halogens is 1. The second kappa shape index (κ2) is 5.27. The Morgan fingerprint density at radius 1 is 1.06 bits per heavy atom. The summed E-state index contributed by atoms with van der Waals surface area (Å²) in [5.41, 5.74) is 1.31. The number of rotatable bonds is 3. The van der Waals surface area contributed by atoms with E-state index in [2.05, 4.69) is 27.3 Å². The maximum absolute atomic E-state index is 12.2. The summed E-state index contributed by atoms with van der Waals surface area (Å²) in [5, 5.41) is 0. The van der Waals surface area contributed by atoms with Crippen LogP contribution in [0.25, 0.3) is 0 Å². The molecular weight excluding hydrogens is 361 g/mol. The Hall–Kier alpha value is -1.08. The molecule has 0 unspecified atom stereocenters. The number of benzene rings is 2. The maximum atomic E-state index is 12.2. The van der Waals surface area contributed by atoms with Gasteiger partial charge in [-0.05, 0) is 59.3 Å². The summed E-state index contributed by atoms with van der Waals surface area (Å²) >= 11 is 2.14. The van der Waals surface area contributed by atoms with Gasteiger partial charge in [0.15, 0.2) is 0 Å². The fourth-order valence-corrected chi connectivity index (χ4v) is 3.46. The van der Waals surface area contributed by atoms with Crippen molar-refractivity contribution in [3.8, 4) is 0 Å². The Balaban J connectivity index is 2.37. The molecule has 0 fully saturated rings. The number of sulfonamides is 1. The molecule has 0 aliphatic heterocycles. The van der Waals surface area contributed by atoms with Crippen molar-refractivity contribution in [2.24, 2.45) is 0 Å². The summed E-state index contributed by atoms with van der Waals surface area (Å²) in [6.45, 7) is 1.78. The lowest BCUT2D eigenvalue weighted by molar-refractivity contribution is 0.600. The molecule has 0 spiro atoms. The molecule has 0 aromatic heterocycles. The predicted molar refractivity (Wildman–Crippen MR) is 81.1 cm³/mol. The van der Waals surface area contributed by atoms with Crippen molar-refractivity contribution in [2.45, 2.75) is 11.8 Å². The van der Waals surface area contributed by atoms with E-state index in [0.717, 1.165) is 9.13 Å². The quantitative estimate of drug-likeness (QED) is 0.839. The van der Waals surface area contributed by atoms with Gasteiger partial charge >= 0.3 is 0 Å². The standard InChI is InChI=1S/C13H12INO2S/c1-10-5-2-3-8-13(10)18(16,17)15-12-7-4-6-11(14)9-12/h2-9,15H,1H3. The van der Waals surface area contributed by atoms with E-state index in [1.807, 2.05) is 18.2 Å². The van der Waals surface area contributed by atoms with Crippen molar-refractivity contribution in [2.75, 3.05) is 4.72 Å². The van der Waals surface area contributed by atoms with Crippen LogP contribution in [0.3, 0.4) is 0 Å². The van der Waals surface area contributed by atoms with Gasteiger partial charge < -0.3 is 0 Å². The van der Waals surface area contributed by atoms with Crippen LogP contribution in [0.1, 0.15) is 5.56 Å². The van der Waals surface area contributed by atoms with Gasteiger partial charge in [0.1, 0.15) is 0 Å². The zero-order valence-electron chi connectivity index (χ0n) is 9.72. The number of nitrogens with one attached hydrogen (secondary N) is 1. The van der Waals surface area contributed by atoms with Gasteiger partial charge in [-0.15, -0.1) is 0 Å². The van der Waals surface area contributed by atoms with Crippen molar-refractivity contribution in [1.29, 1.82) is 0 Å². The van der Waals surface area contributed by atoms with Gasteiger partial charge in [0.25, 0.3) is 10.0 Å². The third-order valence-corrected chi connectivity index (χ3v) is 4.67. The largest absolute Gasteiger partial charge is 0.280 e. The molecule has 18 heavy (non-hydrogen) atoms. The fraction of sp³-hybridized carbons (Fsp3) is 0.0769. The van der Waals surface area contributed by atoms with E-state index in [9.17, 15) is 8.42 Å². The number of aryl methyl sites for hydroxylation is 1. The van der Waals surface area contributed by atoms with E-state index in [4.69, 9.17) is 0 Å². The summed E-state index contributed by atoms with van der Waals surface area (Å²) in [4.78, 5) is 0.309. The van der Waals surface area contributed by atoms with E-state index >= 15 is 0 Å². The third kappa shape index (κ3) is 3.02. The van der Waals surface area contributed by atoms with Crippen molar-refractivity contribution in [3.05, 3.63) is 57.7 Å². The molecule has 0 amide bonds. The average molecular weight is 373 g/mol. The number of hydrogen-bond donors (Lipinski definition) is 1. The van der Waals surface area contributed by atoms with Crippen LogP contribution in [0.5, 0.6) is 0 Å². The monoisotopic (exact) mass is 373 g/mol. The first kappa shape index (κ1) is 13.4. The smallest absolute Gasteiger partial charge is 0.262 e. The molecule has 0 aliphatic rings. The maximum Gasteiger partial charge on any atom is 0.262 e. The summed E-state index contributed by atoms with van der Waals surface area (Å²) < 4.78 is 28.0. The van der Waals surface area contributed by atoms with E-state index in [1.54, 1.807) is 37.3 Å². The first-order chi connectivity index (χ1) is 8.49. The Labute approximate surface area is 120 Å². The molecule has 3 nitrogen and oxygen atoms in total. The van der Waals surface area contributed by atoms with E-state index in [-0.39, 0.29) is 0 Å². The van der Waals surface area contributed by atoms with Gasteiger partial charge in [0.2, 0.25) is 0 Å². The van der Waals surface area contributed by atoms with Crippen LogP contribution in [0, 0.1) is 10.5 Å². The molecular formula is C13H12INO2S. The Bertz CT molecular complexity index is 668. The van der Waals surface area contributed by atoms with Crippen molar-refractivity contribution < 1.29 is 8.42 Å². The molecule has 0 bridgehead atoms. The Morgan fingerprint density at radius 2 is 1.78 bits per heavy atom. The van der Waals surface area contributed by atoms with Crippen molar-refractivity contribution in [1.82, 2.24) is 0 Å². The van der Waals surface area contributed by atoms with E-state index < -0.39 is 10.0 Å². The molecule has 0 radical (unpaired) electrons. The average Bonchev–Trinajstić information content (AvgIpc) is 2.28. The van der Waals surface area contributed by atoms with Crippen molar-refractivity contribution >= 4 is 38.3 Å². The van der Waals surface area contributed by atoms with Crippen molar-refractivity contribution in [3.63, 3.8) is 0 Å². The minimum Gasteiger partial charge on any atom is -0.280 e. The highest BCUT2D eigenvalue weighted by atomic mass is 127. The molecule has 1 N–H and O–H groups in total. The molecule has 0 atom stereocenters. The molecule has 0 saturated heterocycles. The van der Waals surface area contributed by atoms with Gasteiger partial charge in [0.05, 0.1) is 4.90 Å². The molecule has 2 aromatic carbocycles. The van der Waals surface area contributed by atoms with Gasteiger partial charge in [-0.1, -0.05) is 24.3 Å². The molecule has 5 heteroatoms. The Kier molecular flexibility index (Phi) is 3.91. The molecule has 0 saturated carbocycles. The van der Waals surface area contributed by atoms with Gasteiger partial charge in [-0.2, -0.15) is 0 Å². The normalized spacial score (nSPS) is 11.2. The Morgan fingerprint density at radius 3 is 2.44 bits per heavy atom. The second-order valence-electron chi connectivity index (χ2n) is 3.88. The number of anilines is 1. The van der Waals surface area contributed by atoms with Crippen LogP contribution < -0.4 is 4.72 Å². The van der Waals surface area contributed by atoms with Crippen LogP contribution >= 0.6 is 22.6 Å². The molecule has 2 aromatic rings. The van der Waals surface area contributed by atoms with Gasteiger partial charge in [0, 0.05) is 9.26 Å². The van der Waals surface area contributed by atoms with Crippen LogP contribution in [0.2, 0.25) is 0 Å². The second-order valence-corrected chi connectivity index (χ2v) is 6.78. The van der Waals surface area contributed by atoms with Gasteiger partial charge in [-0.25, -0.2) is 8.42 Å². The topological polar surface area (TPSA) is 46.2 Å². The summed E-state index contributed by atoms with van der Waals surface area (Å²) in [5.74, 6) is 0. The molecule has 0 aliphatic carbocycles. The lowest BCUT2D eigenvalue weighted by Gasteiger charge is -2.10. The molecule has 2 rings (SSSR count). The zero-order valence-corrected chi connectivity index (χ0v) is 12.7. The highest BCUT2D eigenvalue weighted by Gasteiger charge is 2.16.